The van der Waals surface area contributed by atoms with E-state index in [2.05, 4.69) is 15.5 Å². The maximum atomic E-state index is 12.8. The van der Waals surface area contributed by atoms with Crippen molar-refractivity contribution in [3.05, 3.63) is 54.0 Å². The smallest absolute Gasteiger partial charge is 0.325 e. The zero-order valence-electron chi connectivity index (χ0n) is 12.4. The minimum Gasteiger partial charge on any atom is -0.325 e. The fourth-order valence-electron chi connectivity index (χ4n) is 2.00. The Kier molecular flexibility index (Phi) is 4.62. The Labute approximate surface area is 143 Å². The van der Waals surface area contributed by atoms with Gasteiger partial charge in [-0.15, -0.1) is 10.2 Å². The Hall–Kier alpha value is -2.62. The molecule has 0 unspecified atom stereocenters. The summed E-state index contributed by atoms with van der Waals surface area (Å²) in [6.45, 7) is 0. The fourth-order valence-corrected chi connectivity index (χ4v) is 2.71. The van der Waals surface area contributed by atoms with Crippen molar-refractivity contribution in [1.29, 1.82) is 0 Å². The Morgan fingerprint density at radius 2 is 1.84 bits per heavy atom. The number of hydrogen-bond donors (Lipinski definition) is 1. The molecule has 10 heteroatoms. The molecular formula is C15H10F4N4OS. The van der Waals surface area contributed by atoms with Crippen LogP contribution in [-0.2, 0) is 11.0 Å². The number of carbonyl (C=O) groups excluding carboxylic acids is 1. The normalized spacial score (nSPS) is 11.7. The van der Waals surface area contributed by atoms with Crippen LogP contribution in [0.3, 0.4) is 0 Å². The van der Waals surface area contributed by atoms with E-state index in [9.17, 15) is 22.4 Å². The molecule has 0 saturated heterocycles. The number of hydrogen-bond acceptors (Lipinski definition) is 4. The number of nitrogens with zero attached hydrogens (tertiary/aromatic N) is 3. The average molecular weight is 370 g/mol. The maximum Gasteiger partial charge on any atom is 0.417 e. The lowest BCUT2D eigenvalue weighted by atomic mass is 10.3. The van der Waals surface area contributed by atoms with Gasteiger partial charge in [0.2, 0.25) is 5.91 Å². The zero-order chi connectivity index (χ0) is 18.0. The summed E-state index contributed by atoms with van der Waals surface area (Å²) in [6, 6.07) is 7.33. The molecule has 0 atom stereocenters. The number of fused-ring (bicyclic) bond motifs is 1. The SMILES string of the molecule is O=C(CSc1nnc2ccc(C(F)(F)F)cn12)Nc1ccc(F)cc1. The molecule has 1 amide bonds. The molecule has 0 fully saturated rings. The molecule has 0 aliphatic carbocycles. The van der Waals surface area contributed by atoms with E-state index in [0.717, 1.165) is 24.0 Å². The second kappa shape index (κ2) is 6.71. The van der Waals surface area contributed by atoms with E-state index in [-0.39, 0.29) is 16.6 Å². The summed E-state index contributed by atoms with van der Waals surface area (Å²) in [7, 11) is 0. The van der Waals surface area contributed by atoms with Crippen LogP contribution in [0.1, 0.15) is 5.56 Å². The van der Waals surface area contributed by atoms with Crippen LogP contribution in [0.5, 0.6) is 0 Å². The minimum atomic E-state index is -4.49. The third kappa shape index (κ3) is 4.08. The first-order valence-electron chi connectivity index (χ1n) is 6.93. The fraction of sp³-hybridized carbons (Fsp3) is 0.133. The number of aromatic nitrogens is 3. The van der Waals surface area contributed by atoms with Gasteiger partial charge in [0, 0.05) is 11.9 Å². The summed E-state index contributed by atoms with van der Waals surface area (Å²) < 4.78 is 52.3. The quantitative estimate of drug-likeness (QED) is 0.563. The van der Waals surface area contributed by atoms with Gasteiger partial charge in [-0.1, -0.05) is 11.8 Å². The number of pyridine rings is 1. The molecule has 5 nitrogen and oxygen atoms in total. The lowest BCUT2D eigenvalue weighted by molar-refractivity contribution is -0.137. The zero-order valence-corrected chi connectivity index (χ0v) is 13.2. The largest absolute Gasteiger partial charge is 0.417 e. The van der Waals surface area contributed by atoms with Crippen molar-refractivity contribution in [2.24, 2.45) is 0 Å². The van der Waals surface area contributed by atoms with Gasteiger partial charge in [0.25, 0.3) is 0 Å². The molecular weight excluding hydrogens is 360 g/mol. The second-order valence-corrected chi connectivity index (χ2v) is 5.91. The standard InChI is InChI=1S/C15H10F4N4OS/c16-10-2-4-11(5-3-10)20-13(24)8-25-14-22-21-12-6-1-9(7-23(12)14)15(17,18)19/h1-7H,8H2,(H,20,24). The van der Waals surface area contributed by atoms with Gasteiger partial charge in [-0.2, -0.15) is 13.2 Å². The van der Waals surface area contributed by atoms with Crippen LogP contribution in [0.25, 0.3) is 5.65 Å². The number of carbonyl (C=O) groups is 1. The van der Waals surface area contributed by atoms with E-state index in [1.807, 2.05) is 0 Å². The van der Waals surface area contributed by atoms with Crippen molar-refractivity contribution in [3.63, 3.8) is 0 Å². The van der Waals surface area contributed by atoms with Crippen molar-refractivity contribution in [1.82, 2.24) is 14.6 Å². The number of halogens is 4. The van der Waals surface area contributed by atoms with Crippen LogP contribution in [-0.4, -0.2) is 26.3 Å². The van der Waals surface area contributed by atoms with E-state index in [1.54, 1.807) is 0 Å². The van der Waals surface area contributed by atoms with E-state index in [0.29, 0.717) is 5.69 Å². The molecule has 2 aromatic heterocycles. The van der Waals surface area contributed by atoms with Crippen LogP contribution in [0.15, 0.2) is 47.8 Å². The maximum absolute atomic E-state index is 12.8. The molecule has 0 aliphatic rings. The highest BCUT2D eigenvalue weighted by atomic mass is 32.2. The monoisotopic (exact) mass is 370 g/mol. The number of thioether (sulfide) groups is 1. The highest BCUT2D eigenvalue weighted by Crippen LogP contribution is 2.30. The summed E-state index contributed by atoms with van der Waals surface area (Å²) in [5.41, 5.74) is -0.177. The van der Waals surface area contributed by atoms with Crippen molar-refractivity contribution in [3.8, 4) is 0 Å². The number of anilines is 1. The number of rotatable bonds is 4. The lowest BCUT2D eigenvalue weighted by Gasteiger charge is -2.07. The molecule has 0 saturated carbocycles. The summed E-state index contributed by atoms with van der Waals surface area (Å²) in [5, 5.41) is 10.3. The molecule has 1 N–H and O–H groups in total. The first-order valence-corrected chi connectivity index (χ1v) is 7.92. The predicted octanol–water partition coefficient (Wildman–Crippen LogP) is 3.62. The molecule has 130 valence electrons. The van der Waals surface area contributed by atoms with Gasteiger partial charge in [-0.05, 0) is 36.4 Å². The van der Waals surface area contributed by atoms with Crippen molar-refractivity contribution in [2.45, 2.75) is 11.3 Å². The number of nitrogens with one attached hydrogen (secondary N) is 1. The highest BCUT2D eigenvalue weighted by Gasteiger charge is 2.31. The van der Waals surface area contributed by atoms with Crippen LogP contribution >= 0.6 is 11.8 Å². The van der Waals surface area contributed by atoms with E-state index in [1.165, 1.54) is 34.7 Å². The van der Waals surface area contributed by atoms with Gasteiger partial charge < -0.3 is 5.32 Å². The Morgan fingerprint density at radius 1 is 1.12 bits per heavy atom. The third-order valence-electron chi connectivity index (χ3n) is 3.16. The number of amides is 1. The van der Waals surface area contributed by atoms with Gasteiger partial charge in [-0.3, -0.25) is 9.20 Å². The van der Waals surface area contributed by atoms with Gasteiger partial charge >= 0.3 is 6.18 Å². The first kappa shape index (κ1) is 17.2. The first-order chi connectivity index (χ1) is 11.8. The molecule has 3 aromatic rings. The van der Waals surface area contributed by atoms with Crippen LogP contribution in [0, 0.1) is 5.82 Å². The van der Waals surface area contributed by atoms with Gasteiger partial charge in [-0.25, -0.2) is 4.39 Å². The molecule has 3 rings (SSSR count). The third-order valence-corrected chi connectivity index (χ3v) is 4.10. The van der Waals surface area contributed by atoms with E-state index in [4.69, 9.17) is 0 Å². The molecule has 25 heavy (non-hydrogen) atoms. The Bertz CT molecular complexity index is 908. The van der Waals surface area contributed by atoms with Crippen molar-refractivity contribution >= 4 is 29.0 Å². The molecule has 1 aromatic carbocycles. The average Bonchev–Trinajstić information content (AvgIpc) is 2.96. The van der Waals surface area contributed by atoms with Crippen molar-refractivity contribution < 1.29 is 22.4 Å². The molecule has 0 aliphatic heterocycles. The second-order valence-electron chi connectivity index (χ2n) is 4.97. The topological polar surface area (TPSA) is 59.3 Å². The summed E-state index contributed by atoms with van der Waals surface area (Å²) in [4.78, 5) is 11.9. The number of benzene rings is 1. The minimum absolute atomic E-state index is 0.0889. The highest BCUT2D eigenvalue weighted by molar-refractivity contribution is 7.99. The number of alkyl halides is 3. The van der Waals surface area contributed by atoms with Crippen LogP contribution in [0.2, 0.25) is 0 Å². The molecule has 0 spiro atoms. The lowest BCUT2D eigenvalue weighted by Crippen LogP contribution is -2.14. The van der Waals surface area contributed by atoms with Crippen LogP contribution < -0.4 is 5.32 Å². The van der Waals surface area contributed by atoms with Crippen molar-refractivity contribution in [2.75, 3.05) is 11.1 Å². The Morgan fingerprint density at radius 3 is 2.52 bits per heavy atom. The Balaban J connectivity index is 1.70. The van der Waals surface area contributed by atoms with Gasteiger partial charge in [0.1, 0.15) is 5.82 Å². The van der Waals surface area contributed by atoms with Gasteiger partial charge in [0.05, 0.1) is 11.3 Å². The van der Waals surface area contributed by atoms with Crippen LogP contribution in [0.4, 0.5) is 23.2 Å². The van der Waals surface area contributed by atoms with E-state index < -0.39 is 23.5 Å². The molecule has 0 bridgehead atoms. The summed E-state index contributed by atoms with van der Waals surface area (Å²) in [5.74, 6) is -0.919. The molecule has 0 radical (unpaired) electrons. The van der Waals surface area contributed by atoms with E-state index >= 15 is 0 Å². The molecule has 2 heterocycles. The summed E-state index contributed by atoms with van der Waals surface area (Å²) >= 11 is 0.942. The summed E-state index contributed by atoms with van der Waals surface area (Å²) in [6.07, 6.45) is -3.60. The van der Waals surface area contributed by atoms with Gasteiger partial charge in [0.15, 0.2) is 10.8 Å². The predicted molar refractivity (Wildman–Crippen MR) is 83.7 cm³/mol.